The van der Waals surface area contributed by atoms with Crippen molar-refractivity contribution < 1.29 is 14.3 Å². The number of carbonyl (C=O) groups excluding carboxylic acids is 2. The standard InChI is InChI=1S/C17H24ClN3O3/c1-17(2)16(23)21(9-7-15(22)19-8-10-20(3)4)13-11-12(18)5-6-14(13)24-17/h5-6,11H,7-10H2,1-4H3,(H,19,22). The summed E-state index contributed by atoms with van der Waals surface area (Å²) in [6, 6.07) is 5.16. The lowest BCUT2D eigenvalue weighted by atomic mass is 10.0. The minimum atomic E-state index is -0.970. The normalized spacial score (nSPS) is 15.9. The summed E-state index contributed by atoms with van der Waals surface area (Å²) < 4.78 is 5.76. The number of hydrogen-bond acceptors (Lipinski definition) is 4. The first kappa shape index (κ1) is 18.5. The van der Waals surface area contributed by atoms with Crippen LogP contribution < -0.4 is 15.0 Å². The Morgan fingerprint density at radius 3 is 2.75 bits per heavy atom. The van der Waals surface area contributed by atoms with Crippen LogP contribution in [0.3, 0.4) is 0 Å². The van der Waals surface area contributed by atoms with Gasteiger partial charge in [-0.2, -0.15) is 0 Å². The van der Waals surface area contributed by atoms with Gasteiger partial charge < -0.3 is 19.9 Å². The molecule has 0 spiro atoms. The zero-order valence-electron chi connectivity index (χ0n) is 14.6. The van der Waals surface area contributed by atoms with Crippen LogP contribution >= 0.6 is 11.6 Å². The molecule has 0 radical (unpaired) electrons. The van der Waals surface area contributed by atoms with Crippen molar-refractivity contribution in [2.24, 2.45) is 0 Å². The molecule has 2 amide bonds. The van der Waals surface area contributed by atoms with E-state index in [0.717, 1.165) is 6.54 Å². The second-order valence-electron chi connectivity index (χ2n) is 6.58. The number of likely N-dealkylation sites (N-methyl/N-ethyl adjacent to an activating group) is 1. The molecule has 0 saturated carbocycles. The van der Waals surface area contributed by atoms with Crippen LogP contribution in [0.5, 0.6) is 5.75 Å². The van der Waals surface area contributed by atoms with Crippen molar-refractivity contribution in [2.45, 2.75) is 25.9 Å². The molecule has 0 fully saturated rings. The first-order chi connectivity index (χ1) is 11.2. The van der Waals surface area contributed by atoms with Crippen LogP contribution in [0.15, 0.2) is 18.2 Å². The maximum Gasteiger partial charge on any atom is 0.270 e. The predicted octanol–water partition coefficient (Wildman–Crippen LogP) is 1.91. The van der Waals surface area contributed by atoms with Crippen LogP contribution in [0, 0.1) is 0 Å². The Morgan fingerprint density at radius 2 is 2.08 bits per heavy atom. The molecule has 0 bridgehead atoms. The molecule has 1 N–H and O–H groups in total. The van der Waals surface area contributed by atoms with Crippen LogP contribution in [-0.4, -0.2) is 56.0 Å². The van der Waals surface area contributed by atoms with Crippen molar-refractivity contribution in [3.05, 3.63) is 23.2 Å². The number of rotatable bonds is 6. The number of nitrogens with one attached hydrogen (secondary N) is 1. The molecule has 1 aromatic rings. The van der Waals surface area contributed by atoms with Crippen LogP contribution in [0.25, 0.3) is 0 Å². The van der Waals surface area contributed by atoms with Crippen LogP contribution in [0.2, 0.25) is 5.02 Å². The highest BCUT2D eigenvalue weighted by atomic mass is 35.5. The number of halogens is 1. The van der Waals surface area contributed by atoms with Crippen LogP contribution in [-0.2, 0) is 9.59 Å². The molecule has 24 heavy (non-hydrogen) atoms. The quantitative estimate of drug-likeness (QED) is 0.848. The smallest absolute Gasteiger partial charge is 0.270 e. The molecule has 1 aromatic carbocycles. The van der Waals surface area contributed by atoms with Gasteiger partial charge in [0.25, 0.3) is 5.91 Å². The zero-order chi connectivity index (χ0) is 17.9. The average Bonchev–Trinajstić information content (AvgIpc) is 2.48. The SMILES string of the molecule is CN(C)CCNC(=O)CCN1C(=O)C(C)(C)Oc2ccc(Cl)cc21. The van der Waals surface area contributed by atoms with Gasteiger partial charge in [0.2, 0.25) is 5.91 Å². The number of nitrogens with zero attached hydrogens (tertiary/aromatic N) is 2. The van der Waals surface area contributed by atoms with Crippen molar-refractivity contribution in [3.63, 3.8) is 0 Å². The van der Waals surface area contributed by atoms with Gasteiger partial charge in [-0.05, 0) is 46.1 Å². The van der Waals surface area contributed by atoms with E-state index in [-0.39, 0.29) is 24.8 Å². The second-order valence-corrected chi connectivity index (χ2v) is 7.02. The molecule has 6 nitrogen and oxygen atoms in total. The molecule has 0 atom stereocenters. The van der Waals surface area contributed by atoms with E-state index in [9.17, 15) is 9.59 Å². The summed E-state index contributed by atoms with van der Waals surface area (Å²) >= 11 is 6.04. The van der Waals surface area contributed by atoms with E-state index in [1.165, 1.54) is 0 Å². The topological polar surface area (TPSA) is 61.9 Å². The Morgan fingerprint density at radius 1 is 1.38 bits per heavy atom. The maximum absolute atomic E-state index is 12.7. The van der Waals surface area contributed by atoms with Crippen LogP contribution in [0.4, 0.5) is 5.69 Å². The van der Waals surface area contributed by atoms with E-state index in [1.807, 2.05) is 19.0 Å². The Hall–Kier alpha value is -1.79. The van der Waals surface area contributed by atoms with E-state index >= 15 is 0 Å². The molecule has 132 valence electrons. The fraction of sp³-hybridized carbons (Fsp3) is 0.529. The second kappa shape index (κ2) is 7.40. The highest BCUT2D eigenvalue weighted by molar-refractivity contribution is 6.31. The number of fused-ring (bicyclic) bond motifs is 1. The van der Waals surface area contributed by atoms with Crippen molar-refractivity contribution in [3.8, 4) is 5.75 Å². The predicted molar refractivity (Wildman–Crippen MR) is 94.7 cm³/mol. The first-order valence-electron chi connectivity index (χ1n) is 7.92. The monoisotopic (exact) mass is 353 g/mol. The largest absolute Gasteiger partial charge is 0.476 e. The highest BCUT2D eigenvalue weighted by Gasteiger charge is 2.40. The van der Waals surface area contributed by atoms with E-state index in [1.54, 1.807) is 36.9 Å². The van der Waals surface area contributed by atoms with Crippen molar-refractivity contribution in [2.75, 3.05) is 38.6 Å². The molecule has 1 aliphatic rings. The fourth-order valence-corrected chi connectivity index (χ4v) is 2.65. The Balaban J connectivity index is 2.07. The van der Waals surface area contributed by atoms with Gasteiger partial charge >= 0.3 is 0 Å². The first-order valence-corrected chi connectivity index (χ1v) is 8.30. The van der Waals surface area contributed by atoms with Gasteiger partial charge in [0.05, 0.1) is 5.69 Å². The summed E-state index contributed by atoms with van der Waals surface area (Å²) in [5, 5.41) is 3.37. The van der Waals surface area contributed by atoms with E-state index < -0.39 is 5.60 Å². The van der Waals surface area contributed by atoms with Gasteiger partial charge in [-0.3, -0.25) is 9.59 Å². The molecule has 7 heteroatoms. The lowest BCUT2D eigenvalue weighted by Gasteiger charge is -2.38. The zero-order valence-corrected chi connectivity index (χ0v) is 15.3. The van der Waals surface area contributed by atoms with Crippen molar-refractivity contribution >= 4 is 29.1 Å². The number of hydrogen-bond donors (Lipinski definition) is 1. The molecule has 0 aliphatic carbocycles. The number of anilines is 1. The molecule has 2 rings (SSSR count). The lowest BCUT2D eigenvalue weighted by molar-refractivity contribution is -0.132. The van der Waals surface area contributed by atoms with Gasteiger partial charge in [-0.25, -0.2) is 0 Å². The number of ether oxygens (including phenoxy) is 1. The Labute approximate surface area is 147 Å². The maximum atomic E-state index is 12.7. The third kappa shape index (κ3) is 4.39. The fourth-order valence-electron chi connectivity index (χ4n) is 2.48. The summed E-state index contributed by atoms with van der Waals surface area (Å²) in [5.74, 6) is 0.327. The lowest BCUT2D eigenvalue weighted by Crippen LogP contribution is -2.53. The van der Waals surface area contributed by atoms with Gasteiger partial charge in [0.15, 0.2) is 5.60 Å². The number of carbonyl (C=O) groups is 2. The van der Waals surface area contributed by atoms with Gasteiger partial charge in [0, 0.05) is 31.1 Å². The highest BCUT2D eigenvalue weighted by Crippen LogP contribution is 2.39. The molecule has 0 aromatic heterocycles. The summed E-state index contributed by atoms with van der Waals surface area (Å²) in [5.41, 5.74) is -0.365. The third-order valence-corrected chi connectivity index (χ3v) is 4.02. The summed E-state index contributed by atoms with van der Waals surface area (Å²) in [6.45, 7) is 5.07. The van der Waals surface area contributed by atoms with Gasteiger partial charge in [-0.15, -0.1) is 0 Å². The molecule has 0 unspecified atom stereocenters. The van der Waals surface area contributed by atoms with E-state index in [4.69, 9.17) is 16.3 Å². The van der Waals surface area contributed by atoms with E-state index in [0.29, 0.717) is 23.0 Å². The molecule has 0 saturated heterocycles. The molecular weight excluding hydrogens is 330 g/mol. The van der Waals surface area contributed by atoms with Gasteiger partial charge in [-0.1, -0.05) is 11.6 Å². The minimum Gasteiger partial charge on any atom is -0.476 e. The number of benzene rings is 1. The summed E-state index contributed by atoms with van der Waals surface area (Å²) in [6.07, 6.45) is 0.223. The van der Waals surface area contributed by atoms with Gasteiger partial charge in [0.1, 0.15) is 5.75 Å². The average molecular weight is 354 g/mol. The van der Waals surface area contributed by atoms with Crippen molar-refractivity contribution in [1.29, 1.82) is 0 Å². The Bertz CT molecular complexity index is 632. The van der Waals surface area contributed by atoms with E-state index in [2.05, 4.69) is 5.32 Å². The van der Waals surface area contributed by atoms with Crippen molar-refractivity contribution in [1.82, 2.24) is 10.2 Å². The molecule has 1 heterocycles. The number of amides is 2. The van der Waals surface area contributed by atoms with Crippen LogP contribution in [0.1, 0.15) is 20.3 Å². The third-order valence-electron chi connectivity index (χ3n) is 3.78. The molecular formula is C17H24ClN3O3. The summed E-state index contributed by atoms with van der Waals surface area (Å²) in [4.78, 5) is 28.2. The minimum absolute atomic E-state index is 0.0856. The summed E-state index contributed by atoms with van der Waals surface area (Å²) in [7, 11) is 3.89. The Kier molecular flexibility index (Phi) is 5.72. The molecule has 1 aliphatic heterocycles.